The van der Waals surface area contributed by atoms with Crippen molar-refractivity contribution in [3.8, 4) is 0 Å². The number of H-pyrrole nitrogens is 1. The van der Waals surface area contributed by atoms with Crippen LogP contribution in [0.4, 0.5) is 0 Å². The number of benzene rings is 1. The standard InChI is InChI=1S/C15H19N5.H2O4S/c1-19(2)6-5-13-8-17-15-4-3-12(7-14(13)15)9-20-11-16-10-18-20;1-5(2,3)4/h3-4,7-8,10-11,17H,5-6,9H2,1-2H3;(H2,1,2,3,4). The third kappa shape index (κ3) is 6.63. The molecular weight excluding hydrogens is 346 g/mol. The molecule has 0 atom stereocenters. The van der Waals surface area contributed by atoms with Crippen molar-refractivity contribution in [3.63, 3.8) is 0 Å². The summed E-state index contributed by atoms with van der Waals surface area (Å²) in [7, 11) is -0.462. The zero-order valence-electron chi connectivity index (χ0n) is 14.0. The summed E-state index contributed by atoms with van der Waals surface area (Å²) < 4.78 is 33.4. The van der Waals surface area contributed by atoms with E-state index in [2.05, 4.69) is 58.5 Å². The largest absolute Gasteiger partial charge is 0.394 e. The SMILES string of the molecule is CN(C)CCc1c[nH]c2ccc(Cn3cncn3)cc12.O=S(=O)(O)O. The van der Waals surface area contributed by atoms with Gasteiger partial charge in [0.25, 0.3) is 0 Å². The van der Waals surface area contributed by atoms with E-state index >= 15 is 0 Å². The second-order valence-electron chi connectivity index (χ2n) is 5.79. The predicted octanol–water partition coefficient (Wildman–Crippen LogP) is 1.26. The number of hydrogen-bond donors (Lipinski definition) is 3. The van der Waals surface area contributed by atoms with Crippen LogP contribution in [0.3, 0.4) is 0 Å². The number of rotatable bonds is 5. The van der Waals surface area contributed by atoms with Crippen molar-refractivity contribution in [2.24, 2.45) is 0 Å². The molecule has 10 heteroatoms. The molecule has 3 N–H and O–H groups in total. The van der Waals surface area contributed by atoms with Crippen LogP contribution in [0.2, 0.25) is 0 Å². The first-order chi connectivity index (χ1) is 11.7. The molecule has 0 bridgehead atoms. The molecule has 0 saturated heterocycles. The van der Waals surface area contributed by atoms with E-state index in [-0.39, 0.29) is 0 Å². The van der Waals surface area contributed by atoms with Gasteiger partial charge in [-0.2, -0.15) is 13.5 Å². The van der Waals surface area contributed by atoms with Gasteiger partial charge in [0.1, 0.15) is 12.7 Å². The maximum absolute atomic E-state index is 8.74. The molecule has 9 nitrogen and oxygen atoms in total. The minimum Gasteiger partial charge on any atom is -0.361 e. The molecule has 0 aliphatic rings. The molecular formula is C15H21N5O4S. The van der Waals surface area contributed by atoms with Gasteiger partial charge in [0.15, 0.2) is 0 Å². The van der Waals surface area contributed by atoms with Crippen molar-refractivity contribution in [2.75, 3.05) is 20.6 Å². The Morgan fingerprint density at radius 1 is 1.28 bits per heavy atom. The Hall–Kier alpha value is -2.27. The fourth-order valence-electron chi connectivity index (χ4n) is 2.38. The summed E-state index contributed by atoms with van der Waals surface area (Å²) in [5.74, 6) is 0. The Morgan fingerprint density at radius 3 is 2.60 bits per heavy atom. The molecule has 2 heterocycles. The maximum Gasteiger partial charge on any atom is 0.394 e. The molecule has 0 saturated carbocycles. The second-order valence-corrected chi connectivity index (χ2v) is 6.68. The number of hydrogen-bond acceptors (Lipinski definition) is 5. The van der Waals surface area contributed by atoms with Gasteiger partial charge in [-0.3, -0.25) is 9.11 Å². The first-order valence-corrected chi connectivity index (χ1v) is 8.88. The predicted molar refractivity (Wildman–Crippen MR) is 93.9 cm³/mol. The third-order valence-corrected chi connectivity index (χ3v) is 3.47. The molecule has 3 rings (SSSR count). The summed E-state index contributed by atoms with van der Waals surface area (Å²) in [4.78, 5) is 9.53. The van der Waals surface area contributed by atoms with Crippen LogP contribution in [0.15, 0.2) is 37.1 Å². The Morgan fingerprint density at radius 2 is 2.00 bits per heavy atom. The highest BCUT2D eigenvalue weighted by molar-refractivity contribution is 7.79. The molecule has 3 aromatic rings. The van der Waals surface area contributed by atoms with Gasteiger partial charge in [-0.15, -0.1) is 0 Å². The summed E-state index contributed by atoms with van der Waals surface area (Å²) in [6, 6.07) is 6.52. The van der Waals surface area contributed by atoms with Crippen LogP contribution in [0, 0.1) is 0 Å². The first kappa shape index (κ1) is 19.1. The lowest BCUT2D eigenvalue weighted by atomic mass is 10.1. The molecule has 2 aromatic heterocycles. The van der Waals surface area contributed by atoms with Gasteiger partial charge in [-0.25, -0.2) is 9.67 Å². The van der Waals surface area contributed by atoms with E-state index in [1.807, 2.05) is 4.68 Å². The van der Waals surface area contributed by atoms with Crippen LogP contribution in [0.5, 0.6) is 0 Å². The van der Waals surface area contributed by atoms with Crippen molar-refractivity contribution in [1.82, 2.24) is 24.6 Å². The minimum absolute atomic E-state index is 0.758. The molecule has 0 unspecified atom stereocenters. The van der Waals surface area contributed by atoms with Crippen molar-refractivity contribution in [3.05, 3.63) is 48.2 Å². The van der Waals surface area contributed by atoms with E-state index in [4.69, 9.17) is 17.5 Å². The van der Waals surface area contributed by atoms with E-state index in [1.165, 1.54) is 22.0 Å². The van der Waals surface area contributed by atoms with E-state index in [0.717, 1.165) is 19.5 Å². The molecule has 0 amide bonds. The number of nitrogens with zero attached hydrogens (tertiary/aromatic N) is 4. The number of nitrogens with one attached hydrogen (secondary N) is 1. The monoisotopic (exact) mass is 367 g/mol. The van der Waals surface area contributed by atoms with Gasteiger partial charge in [-0.1, -0.05) is 6.07 Å². The first-order valence-electron chi connectivity index (χ1n) is 7.48. The lowest BCUT2D eigenvalue weighted by Gasteiger charge is -2.08. The van der Waals surface area contributed by atoms with Crippen molar-refractivity contribution in [1.29, 1.82) is 0 Å². The Balaban J connectivity index is 0.000000399. The van der Waals surface area contributed by atoms with Crippen LogP contribution in [0.1, 0.15) is 11.1 Å². The van der Waals surface area contributed by atoms with E-state index in [0.29, 0.717) is 0 Å². The normalized spacial score (nSPS) is 11.6. The molecule has 136 valence electrons. The highest BCUT2D eigenvalue weighted by Crippen LogP contribution is 2.21. The number of fused-ring (bicyclic) bond motifs is 1. The molecule has 0 aliphatic carbocycles. The topological polar surface area (TPSA) is 124 Å². The zero-order chi connectivity index (χ0) is 18.4. The van der Waals surface area contributed by atoms with Gasteiger partial charge in [0.05, 0.1) is 6.54 Å². The molecule has 25 heavy (non-hydrogen) atoms. The van der Waals surface area contributed by atoms with Crippen molar-refractivity contribution >= 4 is 21.3 Å². The Bertz CT molecular complexity index is 895. The molecule has 0 spiro atoms. The molecule has 0 aliphatic heterocycles. The fourth-order valence-corrected chi connectivity index (χ4v) is 2.38. The lowest BCUT2D eigenvalue weighted by molar-refractivity contribution is 0.381. The summed E-state index contributed by atoms with van der Waals surface area (Å²) in [6.07, 6.45) is 6.48. The highest BCUT2D eigenvalue weighted by atomic mass is 32.3. The van der Waals surface area contributed by atoms with Gasteiger partial charge in [0.2, 0.25) is 0 Å². The van der Waals surface area contributed by atoms with E-state index < -0.39 is 10.4 Å². The lowest BCUT2D eigenvalue weighted by Crippen LogP contribution is -2.14. The van der Waals surface area contributed by atoms with Gasteiger partial charge < -0.3 is 9.88 Å². The van der Waals surface area contributed by atoms with Gasteiger partial charge in [-0.05, 0) is 43.8 Å². The van der Waals surface area contributed by atoms with Crippen molar-refractivity contribution in [2.45, 2.75) is 13.0 Å². The minimum atomic E-state index is -4.67. The van der Waals surface area contributed by atoms with Crippen LogP contribution in [-0.4, -0.2) is 62.8 Å². The van der Waals surface area contributed by atoms with Crippen LogP contribution >= 0.6 is 0 Å². The smallest absolute Gasteiger partial charge is 0.361 e. The van der Waals surface area contributed by atoms with Crippen LogP contribution in [0.25, 0.3) is 10.9 Å². The average Bonchev–Trinajstić information content (AvgIpc) is 3.12. The Labute approximate surface area is 145 Å². The van der Waals surface area contributed by atoms with Gasteiger partial charge >= 0.3 is 10.4 Å². The fraction of sp³-hybridized carbons (Fsp3) is 0.333. The van der Waals surface area contributed by atoms with Gasteiger partial charge in [0, 0.05) is 23.6 Å². The van der Waals surface area contributed by atoms with E-state index in [1.54, 1.807) is 12.7 Å². The number of likely N-dealkylation sites (N-methyl/N-ethyl adjacent to an activating group) is 1. The summed E-state index contributed by atoms with van der Waals surface area (Å²) in [6.45, 7) is 1.81. The summed E-state index contributed by atoms with van der Waals surface area (Å²) in [5.41, 5.74) is 3.81. The molecule has 1 aromatic carbocycles. The van der Waals surface area contributed by atoms with E-state index in [9.17, 15) is 0 Å². The number of aromatic nitrogens is 4. The van der Waals surface area contributed by atoms with Crippen molar-refractivity contribution < 1.29 is 17.5 Å². The maximum atomic E-state index is 8.74. The second kappa shape index (κ2) is 8.21. The highest BCUT2D eigenvalue weighted by Gasteiger charge is 2.06. The summed E-state index contributed by atoms with van der Waals surface area (Å²) >= 11 is 0. The number of aromatic amines is 1. The third-order valence-electron chi connectivity index (χ3n) is 3.47. The quantitative estimate of drug-likeness (QED) is 0.580. The van der Waals surface area contributed by atoms with Crippen LogP contribution in [-0.2, 0) is 23.4 Å². The Kier molecular flexibility index (Phi) is 6.26. The molecule has 0 fully saturated rings. The molecule has 0 radical (unpaired) electrons. The van der Waals surface area contributed by atoms with Crippen LogP contribution < -0.4 is 0 Å². The average molecular weight is 367 g/mol. The summed E-state index contributed by atoms with van der Waals surface area (Å²) in [5, 5.41) is 5.46. The zero-order valence-corrected chi connectivity index (χ0v) is 14.8.